The van der Waals surface area contributed by atoms with Crippen LogP contribution in [0.5, 0.6) is 0 Å². The van der Waals surface area contributed by atoms with Gasteiger partial charge in [-0.05, 0) is 6.42 Å². The Morgan fingerprint density at radius 3 is 1.80 bits per heavy atom. The van der Waals surface area contributed by atoms with E-state index in [1.807, 2.05) is 0 Å². The van der Waals surface area contributed by atoms with Gasteiger partial charge in [0.2, 0.25) is 5.91 Å². The highest BCUT2D eigenvalue weighted by molar-refractivity contribution is 7.47. The molecule has 3 aliphatic rings. The maximum Gasteiger partial charge on any atom is 0.472 e. The third-order valence-corrected chi connectivity index (χ3v) is 16.0. The Hall–Kier alpha value is -5.50. The van der Waals surface area contributed by atoms with Crippen molar-refractivity contribution in [1.82, 2.24) is 63.9 Å². The fourth-order valence-corrected chi connectivity index (χ4v) is 12.1. The van der Waals surface area contributed by atoms with Crippen molar-refractivity contribution in [2.45, 2.75) is 177 Å². The molecule has 33 heteroatoms. The lowest BCUT2D eigenvalue weighted by Crippen LogP contribution is -2.50. The van der Waals surface area contributed by atoms with E-state index in [1.54, 1.807) is 0 Å². The van der Waals surface area contributed by atoms with Crippen LogP contribution in [0.3, 0.4) is 0 Å². The van der Waals surface area contributed by atoms with E-state index in [-0.39, 0.29) is 76.2 Å². The number of carbonyl (C=O) groups excluding carboxylic acids is 1. The largest absolute Gasteiger partial charge is 0.472 e. The van der Waals surface area contributed by atoms with Gasteiger partial charge in [-0.25, -0.2) is 54.0 Å². The van der Waals surface area contributed by atoms with Gasteiger partial charge in [0, 0.05) is 25.8 Å². The number of anilines is 3. The lowest BCUT2D eigenvalue weighted by atomic mass is 9.93. The minimum Gasteiger partial charge on any atom is -0.388 e. The Morgan fingerprint density at radius 2 is 1.22 bits per heavy atom. The minimum atomic E-state index is -5.56. The predicted molar refractivity (Wildman–Crippen MR) is 278 cm³/mol. The van der Waals surface area contributed by atoms with Crippen LogP contribution in [0.4, 0.5) is 17.5 Å². The summed E-state index contributed by atoms with van der Waals surface area (Å²) in [6.07, 6.45) is 5.31. The summed E-state index contributed by atoms with van der Waals surface area (Å²) >= 11 is 0. The Balaban J connectivity index is 0.934. The number of unbranched alkanes of at least 4 members (excludes halogenated alkanes) is 12. The molecule has 0 radical (unpaired) electrons. The van der Waals surface area contributed by atoms with Crippen LogP contribution in [-0.2, 0) is 47.4 Å². The molecular weight excluding hydrogens is 1080 g/mol. The van der Waals surface area contributed by atoms with Crippen molar-refractivity contribution in [2.75, 3.05) is 30.4 Å². The number of aliphatic hydroxyl groups excluding tert-OH is 3. The zero-order valence-electron chi connectivity index (χ0n) is 43.3. The molecule has 79 heavy (non-hydrogen) atoms. The normalized spacial score (nSPS) is 27.2. The van der Waals surface area contributed by atoms with E-state index in [2.05, 4.69) is 57.1 Å². The van der Waals surface area contributed by atoms with Gasteiger partial charge >= 0.3 is 15.6 Å². The summed E-state index contributed by atoms with van der Waals surface area (Å²) in [6, 6.07) is 0. The fourth-order valence-electron chi connectivity index (χ4n) is 10.6. The summed E-state index contributed by atoms with van der Waals surface area (Å²) in [7, 11) is -10.8. The molecule has 0 saturated carbocycles. The van der Waals surface area contributed by atoms with Gasteiger partial charge in [0.05, 0.1) is 37.8 Å². The van der Waals surface area contributed by atoms with Crippen LogP contribution in [0.25, 0.3) is 33.5 Å². The van der Waals surface area contributed by atoms with E-state index in [1.165, 1.54) is 84.0 Å². The zero-order chi connectivity index (χ0) is 56.1. The van der Waals surface area contributed by atoms with Gasteiger partial charge in [0.25, 0.3) is 0 Å². The van der Waals surface area contributed by atoms with Crippen LogP contribution in [0.15, 0.2) is 38.0 Å². The van der Waals surface area contributed by atoms with Crippen LogP contribution in [0.1, 0.15) is 122 Å². The van der Waals surface area contributed by atoms with Crippen LogP contribution >= 0.6 is 15.6 Å². The molecule has 432 valence electrons. The number of phosphoric acid groups is 2. The molecule has 0 spiro atoms. The van der Waals surface area contributed by atoms with Crippen molar-refractivity contribution in [3.63, 3.8) is 0 Å². The van der Waals surface area contributed by atoms with Crippen molar-refractivity contribution >= 4 is 72.5 Å². The fraction of sp³-hybridized carbons (Fsp3) is 0.652. The monoisotopic (exact) mass is 1150 g/mol. The van der Waals surface area contributed by atoms with E-state index in [4.69, 9.17) is 45.0 Å². The SMILES string of the molecule is CCCCCCCCCCCCCCCC(=O)NCC1OC(CC2OC(n3cnc4c(N)ncnc43)C(OP(=O)(O)OCC3CC(O)C(n4cnc5c(N)ncnc54)O3)C2O)(n2cnc3c(N)ncnc32)C(OP(=O)(O)O)C1O. The molecule has 1 amide bonds. The smallest absolute Gasteiger partial charge is 0.388 e. The molecule has 12 atom stereocenters. The number of aliphatic hydroxyl groups is 3. The summed E-state index contributed by atoms with van der Waals surface area (Å²) in [5.74, 6) is -0.432. The average molecular weight is 1150 g/mol. The zero-order valence-corrected chi connectivity index (χ0v) is 45.1. The van der Waals surface area contributed by atoms with Crippen molar-refractivity contribution in [1.29, 1.82) is 0 Å². The second-order valence-corrected chi connectivity index (χ2v) is 22.7. The number of carbonyl (C=O) groups is 1. The predicted octanol–water partition coefficient (Wildman–Crippen LogP) is 2.54. The number of phosphoric ester groups is 2. The van der Waals surface area contributed by atoms with Crippen LogP contribution < -0.4 is 22.5 Å². The maximum absolute atomic E-state index is 14.1. The topological polar surface area (TPSA) is 449 Å². The van der Waals surface area contributed by atoms with E-state index in [0.29, 0.717) is 6.42 Å². The van der Waals surface area contributed by atoms with Crippen LogP contribution in [0.2, 0.25) is 0 Å². The van der Waals surface area contributed by atoms with E-state index >= 15 is 0 Å². The highest BCUT2D eigenvalue weighted by Gasteiger charge is 2.63. The Labute approximate surface area is 451 Å². The number of fused-ring (bicyclic) bond motifs is 3. The number of imidazole rings is 3. The number of nitrogens with one attached hydrogen (secondary N) is 1. The highest BCUT2D eigenvalue weighted by atomic mass is 31.2. The quantitative estimate of drug-likeness (QED) is 0.0249. The van der Waals surface area contributed by atoms with Crippen molar-refractivity contribution in [3.8, 4) is 0 Å². The summed E-state index contributed by atoms with van der Waals surface area (Å²) in [6.45, 7) is 1.21. The summed E-state index contributed by atoms with van der Waals surface area (Å²) in [5, 5.41) is 38.2. The molecule has 31 nitrogen and oxygen atoms in total. The number of ether oxygens (including phenoxy) is 3. The first-order chi connectivity index (χ1) is 37.9. The minimum absolute atomic E-state index is 0.000856. The van der Waals surface area contributed by atoms with Crippen molar-refractivity contribution < 1.29 is 71.7 Å². The second-order valence-electron chi connectivity index (χ2n) is 20.1. The molecule has 13 N–H and O–H groups in total. The molecule has 3 aliphatic heterocycles. The van der Waals surface area contributed by atoms with Gasteiger partial charge < -0.3 is 66.7 Å². The highest BCUT2D eigenvalue weighted by Crippen LogP contribution is 2.54. The van der Waals surface area contributed by atoms with Gasteiger partial charge in [-0.3, -0.25) is 32.1 Å². The number of aromatic nitrogens is 12. The van der Waals surface area contributed by atoms with Gasteiger partial charge in [-0.1, -0.05) is 84.0 Å². The first-order valence-electron chi connectivity index (χ1n) is 26.4. The maximum atomic E-state index is 14.1. The summed E-state index contributed by atoms with van der Waals surface area (Å²) in [5.41, 5.74) is 16.4. The number of nitrogen functional groups attached to an aromatic ring is 3. The Morgan fingerprint density at radius 1 is 0.684 bits per heavy atom. The van der Waals surface area contributed by atoms with Crippen LogP contribution in [0, 0.1) is 0 Å². The van der Waals surface area contributed by atoms with Crippen molar-refractivity contribution in [2.24, 2.45) is 0 Å². The second kappa shape index (κ2) is 25.1. The molecule has 3 fully saturated rings. The Bertz CT molecular complexity index is 3130. The first kappa shape index (κ1) is 58.2. The van der Waals surface area contributed by atoms with Crippen LogP contribution in [-0.4, -0.2) is 156 Å². The van der Waals surface area contributed by atoms with E-state index < -0.39 is 95.7 Å². The number of rotatable bonds is 28. The lowest BCUT2D eigenvalue weighted by Gasteiger charge is -2.38. The summed E-state index contributed by atoms with van der Waals surface area (Å²) in [4.78, 5) is 83.0. The molecule has 3 saturated heterocycles. The summed E-state index contributed by atoms with van der Waals surface area (Å²) < 4.78 is 66.5. The number of hydrogen-bond acceptors (Lipinski definition) is 24. The van der Waals surface area contributed by atoms with Gasteiger partial charge in [0.1, 0.15) is 72.2 Å². The van der Waals surface area contributed by atoms with E-state index in [0.717, 1.165) is 44.7 Å². The molecule has 0 aliphatic carbocycles. The Kier molecular flexibility index (Phi) is 18.5. The van der Waals surface area contributed by atoms with Gasteiger partial charge in [-0.2, -0.15) is 0 Å². The molecular formula is C46H68N16O15P2. The lowest BCUT2D eigenvalue weighted by molar-refractivity contribution is -0.170. The number of hydrogen-bond donors (Lipinski definition) is 10. The molecule has 12 unspecified atom stereocenters. The molecule has 9 heterocycles. The third kappa shape index (κ3) is 13.2. The third-order valence-electron chi connectivity index (χ3n) is 14.5. The molecule has 6 aromatic heterocycles. The van der Waals surface area contributed by atoms with Crippen molar-refractivity contribution in [3.05, 3.63) is 38.0 Å². The number of amides is 1. The number of nitrogens with zero attached hydrogens (tertiary/aromatic N) is 12. The van der Waals surface area contributed by atoms with Gasteiger partial charge in [-0.15, -0.1) is 0 Å². The first-order valence-corrected chi connectivity index (χ1v) is 29.4. The molecule has 0 aromatic carbocycles. The standard InChI is InChI=1S/C46H68N16O15P2/c1-2-3-4-5-6-7-8-9-10-11-12-13-14-15-30(64)50-18-29-35(66)37(77-78(67,68)69)46(75-29,62-25-59-33-40(49)53-22-56-43(33)62)17-28-34(65)36(45(74-28)61-24-58-32-39(48)52-21-55-42(32)61)76-79(70,71)72-19-26-16-27(63)44(73-26)60-23-57-31-38(47)51-20-54-41(31)60/h20-29,34-37,44-45,63,65-66H,2-19H2,1H3,(H,50,64)(H,70,71)(H2,47,51,54)(H2,48,52,55)(H2,49,53,56)(H2,67,68,69). The average Bonchev–Trinajstić information content (AvgIpc) is 4.13. The molecule has 6 aromatic rings. The van der Waals surface area contributed by atoms with Gasteiger partial charge in [0.15, 0.2) is 52.6 Å². The molecule has 9 rings (SSSR count). The molecule has 0 bridgehead atoms. The van der Waals surface area contributed by atoms with E-state index in [9.17, 15) is 43.9 Å². The number of nitrogens with two attached hydrogens (primary N) is 3.